The van der Waals surface area contributed by atoms with E-state index in [0.29, 0.717) is 11.3 Å². The molecule has 0 aromatic heterocycles. The second kappa shape index (κ2) is 5.79. The maximum absolute atomic E-state index is 11.8. The molecule has 6 heteroatoms. The third-order valence-corrected chi connectivity index (χ3v) is 2.98. The van der Waals surface area contributed by atoms with E-state index in [4.69, 9.17) is 21.1 Å². The van der Waals surface area contributed by atoms with E-state index < -0.39 is 11.8 Å². The molecule has 0 saturated carbocycles. The van der Waals surface area contributed by atoms with Gasteiger partial charge < -0.3 is 14.2 Å². The molecule has 5 nitrogen and oxygen atoms in total. The highest BCUT2D eigenvalue weighted by Crippen LogP contribution is 2.34. The predicted octanol–water partition coefficient (Wildman–Crippen LogP) is 2.26. The van der Waals surface area contributed by atoms with E-state index in [9.17, 15) is 9.59 Å². The summed E-state index contributed by atoms with van der Waals surface area (Å²) in [5.74, 6) is -0.529. The fourth-order valence-electron chi connectivity index (χ4n) is 1.60. The molecule has 1 aromatic rings. The molecule has 0 N–H and O–H groups in total. The van der Waals surface area contributed by atoms with Gasteiger partial charge in [-0.3, -0.25) is 4.79 Å². The first-order valence-electron chi connectivity index (χ1n) is 5.63. The van der Waals surface area contributed by atoms with Crippen molar-refractivity contribution in [2.24, 2.45) is 0 Å². The summed E-state index contributed by atoms with van der Waals surface area (Å²) >= 11 is 5.94. The lowest BCUT2D eigenvalue weighted by molar-refractivity contribution is -0.135. The molecular formula is C14H11ClO5. The minimum absolute atomic E-state index is 0.0784. The van der Waals surface area contributed by atoms with Gasteiger partial charge in [0.15, 0.2) is 11.5 Å². The highest BCUT2D eigenvalue weighted by molar-refractivity contribution is 6.49. The quantitative estimate of drug-likeness (QED) is 0.632. The van der Waals surface area contributed by atoms with Crippen molar-refractivity contribution >= 4 is 29.1 Å². The zero-order valence-corrected chi connectivity index (χ0v) is 11.6. The monoisotopic (exact) mass is 294 g/mol. The SMILES string of the molecule is COC(=O)/C=C1/OC(c2ccc(OC)cc2)=C(Cl)C1=O. The van der Waals surface area contributed by atoms with Crippen LogP contribution in [0, 0.1) is 0 Å². The van der Waals surface area contributed by atoms with Gasteiger partial charge in [0, 0.05) is 5.56 Å². The predicted molar refractivity (Wildman–Crippen MR) is 72.0 cm³/mol. The molecule has 0 bridgehead atoms. The molecule has 1 heterocycles. The third kappa shape index (κ3) is 2.67. The topological polar surface area (TPSA) is 61.8 Å². The van der Waals surface area contributed by atoms with E-state index >= 15 is 0 Å². The normalized spacial score (nSPS) is 16.4. The number of ketones is 1. The lowest BCUT2D eigenvalue weighted by Crippen LogP contribution is -2.02. The molecule has 104 valence electrons. The van der Waals surface area contributed by atoms with Crippen molar-refractivity contribution in [1.29, 1.82) is 0 Å². The summed E-state index contributed by atoms with van der Waals surface area (Å²) in [5.41, 5.74) is 0.609. The molecule has 0 saturated heterocycles. The summed E-state index contributed by atoms with van der Waals surface area (Å²) in [6.07, 6.45) is 0.960. The molecule has 0 aliphatic carbocycles. The number of ether oxygens (including phenoxy) is 3. The van der Waals surface area contributed by atoms with Crippen LogP contribution in [0.2, 0.25) is 0 Å². The Morgan fingerprint density at radius 3 is 2.45 bits per heavy atom. The number of carbonyl (C=O) groups excluding carboxylic acids is 2. The van der Waals surface area contributed by atoms with Gasteiger partial charge in [-0.1, -0.05) is 11.6 Å². The summed E-state index contributed by atoms with van der Waals surface area (Å²) in [4.78, 5) is 23.0. The Morgan fingerprint density at radius 2 is 1.90 bits per heavy atom. The second-order valence-electron chi connectivity index (χ2n) is 3.83. The molecule has 0 unspecified atom stereocenters. The molecule has 0 radical (unpaired) electrons. The Balaban J connectivity index is 2.31. The Morgan fingerprint density at radius 1 is 1.25 bits per heavy atom. The number of esters is 1. The number of carbonyl (C=O) groups is 2. The van der Waals surface area contributed by atoms with E-state index in [1.54, 1.807) is 31.4 Å². The minimum atomic E-state index is -0.686. The number of hydrogen-bond acceptors (Lipinski definition) is 5. The van der Waals surface area contributed by atoms with Crippen LogP contribution in [-0.4, -0.2) is 26.0 Å². The van der Waals surface area contributed by atoms with Gasteiger partial charge in [0.25, 0.3) is 0 Å². The summed E-state index contributed by atoms with van der Waals surface area (Å²) in [5, 5.41) is -0.0784. The number of Topliss-reactive ketones (excluding diaryl/α,β-unsaturated/α-hetero) is 1. The summed E-state index contributed by atoms with van der Waals surface area (Å²) in [6.45, 7) is 0. The minimum Gasteiger partial charge on any atom is -0.497 e. The van der Waals surface area contributed by atoms with Gasteiger partial charge >= 0.3 is 5.97 Å². The maximum atomic E-state index is 11.8. The molecule has 20 heavy (non-hydrogen) atoms. The average molecular weight is 295 g/mol. The highest BCUT2D eigenvalue weighted by Gasteiger charge is 2.31. The van der Waals surface area contributed by atoms with Crippen molar-refractivity contribution in [3.8, 4) is 5.75 Å². The first-order chi connectivity index (χ1) is 9.56. The fraction of sp³-hybridized carbons (Fsp3) is 0.143. The molecule has 1 aromatic carbocycles. The van der Waals surface area contributed by atoms with Gasteiger partial charge in [0.2, 0.25) is 5.78 Å². The van der Waals surface area contributed by atoms with Crippen LogP contribution in [0.1, 0.15) is 5.56 Å². The summed E-state index contributed by atoms with van der Waals surface area (Å²) in [6, 6.07) is 6.82. The van der Waals surface area contributed by atoms with Crippen LogP contribution in [0.15, 0.2) is 41.1 Å². The number of hydrogen-bond donors (Lipinski definition) is 0. The molecule has 0 spiro atoms. The van der Waals surface area contributed by atoms with Gasteiger partial charge in [-0.05, 0) is 24.3 Å². The van der Waals surface area contributed by atoms with E-state index in [1.807, 2.05) is 0 Å². The van der Waals surface area contributed by atoms with Crippen molar-refractivity contribution < 1.29 is 23.8 Å². The fourth-order valence-corrected chi connectivity index (χ4v) is 1.84. The van der Waals surface area contributed by atoms with Crippen molar-refractivity contribution in [3.63, 3.8) is 0 Å². The van der Waals surface area contributed by atoms with E-state index in [0.717, 1.165) is 6.08 Å². The second-order valence-corrected chi connectivity index (χ2v) is 4.21. The lowest BCUT2D eigenvalue weighted by Gasteiger charge is -2.05. The largest absolute Gasteiger partial charge is 0.497 e. The molecule has 1 aliphatic rings. The van der Waals surface area contributed by atoms with E-state index in [2.05, 4.69) is 4.74 Å². The van der Waals surface area contributed by atoms with E-state index in [-0.39, 0.29) is 16.6 Å². The standard InChI is InChI=1S/C14H11ClO5/c1-18-9-5-3-8(4-6-9)14-12(15)13(17)10(20-14)7-11(16)19-2/h3-7H,1-2H3/b10-7+. The molecular weight excluding hydrogens is 284 g/mol. The zero-order chi connectivity index (χ0) is 14.7. The number of halogens is 1. The Bertz CT molecular complexity index is 613. The van der Waals surface area contributed by atoms with Crippen molar-refractivity contribution in [2.75, 3.05) is 14.2 Å². The van der Waals surface area contributed by atoms with Gasteiger partial charge in [-0.25, -0.2) is 4.79 Å². The summed E-state index contributed by atoms with van der Waals surface area (Å²) in [7, 11) is 2.76. The number of allylic oxidation sites excluding steroid dienone is 1. The first-order valence-corrected chi connectivity index (χ1v) is 6.01. The Kier molecular flexibility index (Phi) is 4.10. The Hall–Kier alpha value is -2.27. The van der Waals surface area contributed by atoms with Crippen LogP contribution < -0.4 is 4.74 Å². The molecule has 2 rings (SSSR count). The van der Waals surface area contributed by atoms with Crippen molar-refractivity contribution in [2.45, 2.75) is 0 Å². The first kappa shape index (κ1) is 14.1. The maximum Gasteiger partial charge on any atom is 0.334 e. The third-order valence-electron chi connectivity index (χ3n) is 2.64. The van der Waals surface area contributed by atoms with Gasteiger partial charge in [-0.2, -0.15) is 0 Å². The molecule has 0 amide bonds. The Labute approximate surface area is 120 Å². The van der Waals surface area contributed by atoms with Crippen LogP contribution in [0.5, 0.6) is 5.75 Å². The molecule has 1 aliphatic heterocycles. The van der Waals surface area contributed by atoms with Gasteiger partial charge in [0.05, 0.1) is 20.3 Å². The number of rotatable bonds is 3. The zero-order valence-electron chi connectivity index (χ0n) is 10.8. The van der Waals surface area contributed by atoms with Gasteiger partial charge in [0.1, 0.15) is 10.8 Å². The van der Waals surface area contributed by atoms with Crippen LogP contribution in [0.3, 0.4) is 0 Å². The van der Waals surface area contributed by atoms with Crippen molar-refractivity contribution in [3.05, 3.63) is 46.7 Å². The van der Waals surface area contributed by atoms with Crippen LogP contribution >= 0.6 is 11.6 Å². The smallest absolute Gasteiger partial charge is 0.334 e. The molecule has 0 fully saturated rings. The average Bonchev–Trinajstić information content (AvgIpc) is 2.75. The van der Waals surface area contributed by atoms with Crippen LogP contribution in [0.25, 0.3) is 5.76 Å². The van der Waals surface area contributed by atoms with E-state index in [1.165, 1.54) is 7.11 Å². The lowest BCUT2D eigenvalue weighted by atomic mass is 10.1. The summed E-state index contributed by atoms with van der Waals surface area (Å²) < 4.78 is 14.8. The van der Waals surface area contributed by atoms with Crippen LogP contribution in [-0.2, 0) is 19.1 Å². The van der Waals surface area contributed by atoms with Crippen molar-refractivity contribution in [1.82, 2.24) is 0 Å². The highest BCUT2D eigenvalue weighted by atomic mass is 35.5. The number of methoxy groups -OCH3 is 2. The molecule has 0 atom stereocenters. The number of benzene rings is 1. The van der Waals surface area contributed by atoms with Crippen LogP contribution in [0.4, 0.5) is 0 Å². The van der Waals surface area contributed by atoms with Gasteiger partial charge in [-0.15, -0.1) is 0 Å².